The zero-order valence-electron chi connectivity index (χ0n) is 15.6. The predicted octanol–water partition coefficient (Wildman–Crippen LogP) is 5.57. The number of nitrogens with zero attached hydrogens (tertiary/aromatic N) is 1. The molecule has 0 saturated heterocycles. The van der Waals surface area contributed by atoms with Gasteiger partial charge < -0.3 is 5.41 Å². The molecule has 1 aromatic carbocycles. The number of nitrogens with one attached hydrogen (secondary N) is 2. The van der Waals surface area contributed by atoms with E-state index in [0.29, 0.717) is 11.3 Å². The van der Waals surface area contributed by atoms with Gasteiger partial charge in [-0.3, -0.25) is 5.41 Å². The summed E-state index contributed by atoms with van der Waals surface area (Å²) in [4.78, 5) is 0. The number of hydrogen-bond donors (Lipinski definition) is 2. The largest absolute Gasteiger partial charge is 0.301 e. The Morgan fingerprint density at radius 3 is 2.17 bits per heavy atom. The molecule has 0 unspecified atom stereocenters. The van der Waals surface area contributed by atoms with Crippen molar-refractivity contribution in [2.75, 3.05) is 0 Å². The van der Waals surface area contributed by atoms with Gasteiger partial charge in [0, 0.05) is 16.7 Å². The molecule has 3 rings (SSSR count). The number of hydrogen-bond acceptors (Lipinski definition) is 3. The summed E-state index contributed by atoms with van der Waals surface area (Å²) in [5.74, 6) is 2.23. The second kappa shape index (κ2) is 9.49. The monoisotopic (exact) mass is 371 g/mol. The summed E-state index contributed by atoms with van der Waals surface area (Å²) in [5.41, 5.74) is 11.0. The molecule has 3 nitrogen and oxygen atoms in total. The van der Waals surface area contributed by atoms with Gasteiger partial charge in [0.25, 0.3) is 0 Å². The van der Waals surface area contributed by atoms with Crippen molar-refractivity contribution in [2.45, 2.75) is 0 Å². The van der Waals surface area contributed by atoms with Crippen molar-refractivity contribution < 1.29 is 0 Å². The zero-order chi connectivity index (χ0) is 20.5. The van der Waals surface area contributed by atoms with Crippen LogP contribution in [0.2, 0.25) is 0 Å². The van der Waals surface area contributed by atoms with E-state index in [1.54, 1.807) is 12.2 Å². The lowest BCUT2D eigenvalue weighted by molar-refractivity contribution is 1.49. The average molecular weight is 371 g/mol. The maximum absolute atomic E-state index is 9.38. The molecule has 2 aliphatic rings. The molecule has 0 spiro atoms. The summed E-state index contributed by atoms with van der Waals surface area (Å²) >= 11 is 0. The van der Waals surface area contributed by atoms with Gasteiger partial charge in [-0.2, -0.15) is 5.26 Å². The molecule has 2 aliphatic carbocycles. The first-order valence-electron chi connectivity index (χ1n) is 8.94. The van der Waals surface area contributed by atoms with Gasteiger partial charge in [-0.25, -0.2) is 0 Å². The van der Waals surface area contributed by atoms with E-state index < -0.39 is 0 Å². The van der Waals surface area contributed by atoms with Crippen molar-refractivity contribution >= 4 is 17.2 Å². The van der Waals surface area contributed by atoms with Gasteiger partial charge >= 0.3 is 0 Å². The van der Waals surface area contributed by atoms with Crippen LogP contribution in [0.3, 0.4) is 0 Å². The molecule has 0 fully saturated rings. The van der Waals surface area contributed by atoms with E-state index in [1.165, 1.54) is 0 Å². The molecular formula is C26H17N3. The van der Waals surface area contributed by atoms with Gasteiger partial charge in [0.2, 0.25) is 0 Å². The Morgan fingerprint density at radius 2 is 1.52 bits per heavy atom. The molecule has 29 heavy (non-hydrogen) atoms. The Bertz CT molecular complexity index is 1200. The Labute approximate surface area is 170 Å². The average Bonchev–Trinajstić information content (AvgIpc) is 2.99. The van der Waals surface area contributed by atoms with Crippen LogP contribution in [0.4, 0.5) is 0 Å². The first-order chi connectivity index (χ1) is 14.2. The zero-order valence-corrected chi connectivity index (χ0v) is 15.6. The number of nitriles is 1. The molecule has 0 heterocycles. The molecule has 0 bridgehead atoms. The highest BCUT2D eigenvalue weighted by molar-refractivity contribution is 6.03. The van der Waals surface area contributed by atoms with Crippen molar-refractivity contribution in [3.63, 3.8) is 0 Å². The Kier molecular flexibility index (Phi) is 6.33. The quantitative estimate of drug-likeness (QED) is 0.310. The van der Waals surface area contributed by atoms with Crippen LogP contribution in [0, 0.1) is 22.1 Å². The second-order valence-electron chi connectivity index (χ2n) is 6.18. The first kappa shape index (κ1) is 19.3. The first-order valence-corrected chi connectivity index (χ1v) is 8.94. The van der Waals surface area contributed by atoms with Gasteiger partial charge in [0.05, 0.1) is 5.71 Å². The molecule has 0 aromatic heterocycles. The number of benzene rings is 1. The predicted molar refractivity (Wildman–Crippen MR) is 118 cm³/mol. The molecule has 0 radical (unpaired) electrons. The smallest absolute Gasteiger partial charge is 0.120 e. The van der Waals surface area contributed by atoms with Crippen molar-refractivity contribution in [3.05, 3.63) is 130 Å². The summed E-state index contributed by atoms with van der Waals surface area (Å²) in [6.07, 6.45) is 18.6. The van der Waals surface area contributed by atoms with Crippen molar-refractivity contribution in [3.8, 4) is 6.07 Å². The summed E-state index contributed by atoms with van der Waals surface area (Å²) < 4.78 is 0. The van der Waals surface area contributed by atoms with Crippen LogP contribution < -0.4 is 0 Å². The molecule has 0 atom stereocenters. The van der Waals surface area contributed by atoms with Crippen LogP contribution in [0.1, 0.15) is 5.56 Å². The molecule has 0 aliphatic heterocycles. The van der Waals surface area contributed by atoms with Crippen LogP contribution in [0.5, 0.6) is 0 Å². The molecule has 0 saturated carbocycles. The molecule has 0 amide bonds. The summed E-state index contributed by atoms with van der Waals surface area (Å²) in [7, 11) is 0. The molecule has 3 heteroatoms. The van der Waals surface area contributed by atoms with E-state index in [2.05, 4.69) is 17.3 Å². The summed E-state index contributed by atoms with van der Waals surface area (Å²) in [5, 5.41) is 24.4. The molecule has 136 valence electrons. The van der Waals surface area contributed by atoms with Crippen molar-refractivity contribution in [1.29, 1.82) is 16.1 Å². The Hall–Kier alpha value is -4.43. The van der Waals surface area contributed by atoms with Crippen LogP contribution >= 0.6 is 0 Å². The number of allylic oxidation sites excluding steroid dienone is 15. The highest BCUT2D eigenvalue weighted by Crippen LogP contribution is 2.24. The highest BCUT2D eigenvalue weighted by atomic mass is 14.4. The standard InChI is InChI=1S/C26H17N3/c27-18-24(19-28)26(23-7-2-1-3-8-23)17-22-6-4-5-20(11-12-22)9-10-21-13-15-25(29)16-14-21/h1-8,11-17,27,29H/b21-20?,26-17+,29-25?. The van der Waals surface area contributed by atoms with Crippen LogP contribution in [0.15, 0.2) is 125 Å². The molecule has 2 N–H and O–H groups in total. The minimum Gasteiger partial charge on any atom is -0.301 e. The van der Waals surface area contributed by atoms with E-state index in [1.807, 2.05) is 85.0 Å². The van der Waals surface area contributed by atoms with Gasteiger partial charge in [0.1, 0.15) is 11.6 Å². The second-order valence-corrected chi connectivity index (χ2v) is 6.18. The minimum absolute atomic E-state index is 0.181. The maximum atomic E-state index is 9.38. The Morgan fingerprint density at radius 1 is 0.862 bits per heavy atom. The van der Waals surface area contributed by atoms with Gasteiger partial charge in [-0.1, -0.05) is 60.0 Å². The van der Waals surface area contributed by atoms with E-state index in [4.69, 9.17) is 10.8 Å². The fourth-order valence-corrected chi connectivity index (χ4v) is 2.68. The van der Waals surface area contributed by atoms with E-state index in [0.717, 1.165) is 22.3 Å². The van der Waals surface area contributed by atoms with Gasteiger partial charge in [0.15, 0.2) is 0 Å². The fourth-order valence-electron chi connectivity index (χ4n) is 2.68. The van der Waals surface area contributed by atoms with Crippen molar-refractivity contribution in [1.82, 2.24) is 0 Å². The highest BCUT2D eigenvalue weighted by Gasteiger charge is 2.08. The van der Waals surface area contributed by atoms with E-state index >= 15 is 0 Å². The lowest BCUT2D eigenvalue weighted by Crippen LogP contribution is -1.90. The minimum atomic E-state index is 0.181. The SMILES string of the molecule is N#CC(=C=N)/C(=C/C1=CC=CC(=C=C=C2C=CC(=N)C=C2)C=C1)c1ccccc1. The lowest BCUT2D eigenvalue weighted by Gasteiger charge is -2.05. The molecule has 1 aromatic rings. The van der Waals surface area contributed by atoms with Crippen LogP contribution in [-0.2, 0) is 0 Å². The fraction of sp³-hybridized carbons (Fsp3) is 0. The van der Waals surface area contributed by atoms with Gasteiger partial charge in [-0.05, 0) is 59.5 Å². The van der Waals surface area contributed by atoms with E-state index in [9.17, 15) is 5.26 Å². The summed E-state index contributed by atoms with van der Waals surface area (Å²) in [6, 6.07) is 11.6. The maximum Gasteiger partial charge on any atom is 0.120 e. The lowest BCUT2D eigenvalue weighted by atomic mass is 9.97. The third kappa shape index (κ3) is 5.28. The third-order valence-corrected chi connectivity index (χ3v) is 4.16. The Balaban J connectivity index is 1.97. The topological polar surface area (TPSA) is 71.5 Å². The van der Waals surface area contributed by atoms with Crippen molar-refractivity contribution in [2.24, 2.45) is 0 Å². The normalized spacial score (nSPS) is 15.1. The third-order valence-electron chi connectivity index (χ3n) is 4.16. The van der Waals surface area contributed by atoms with Crippen LogP contribution in [0.25, 0.3) is 5.57 Å². The van der Waals surface area contributed by atoms with Gasteiger partial charge in [-0.15, -0.1) is 0 Å². The van der Waals surface area contributed by atoms with Crippen LogP contribution in [-0.4, -0.2) is 11.6 Å². The molecular weight excluding hydrogens is 354 g/mol. The van der Waals surface area contributed by atoms with E-state index in [-0.39, 0.29) is 5.57 Å². The summed E-state index contributed by atoms with van der Waals surface area (Å²) in [6.45, 7) is 0. The number of rotatable bonds is 3.